The molecule has 1 heterocycles. The summed E-state index contributed by atoms with van der Waals surface area (Å²) in [4.78, 5) is 4.71. The molecule has 6 nitrogen and oxygen atoms in total. The summed E-state index contributed by atoms with van der Waals surface area (Å²) in [6.45, 7) is 8.20. The Kier molecular flexibility index (Phi) is 6.89. The predicted octanol–water partition coefficient (Wildman–Crippen LogP) is 3.75. The molecule has 2 N–H and O–H groups in total. The van der Waals surface area contributed by atoms with Crippen molar-refractivity contribution >= 4 is 5.96 Å². The van der Waals surface area contributed by atoms with Crippen molar-refractivity contribution in [2.24, 2.45) is 4.99 Å². The summed E-state index contributed by atoms with van der Waals surface area (Å²) in [6, 6.07) is 18.4. The molecule has 2 aromatic carbocycles. The van der Waals surface area contributed by atoms with Crippen molar-refractivity contribution in [1.82, 2.24) is 20.4 Å². The van der Waals surface area contributed by atoms with Gasteiger partial charge in [0, 0.05) is 18.8 Å². The van der Waals surface area contributed by atoms with E-state index >= 15 is 0 Å². The van der Waals surface area contributed by atoms with Crippen LogP contribution in [0.3, 0.4) is 0 Å². The molecule has 1 aromatic heterocycles. The number of benzene rings is 2. The highest BCUT2D eigenvalue weighted by atomic mass is 16.5. The molecule has 152 valence electrons. The summed E-state index contributed by atoms with van der Waals surface area (Å²) < 4.78 is 7.20. The summed E-state index contributed by atoms with van der Waals surface area (Å²) in [5.41, 5.74) is 5.51. The molecule has 0 unspecified atom stereocenters. The second-order valence-corrected chi connectivity index (χ2v) is 6.86. The average molecular weight is 392 g/mol. The van der Waals surface area contributed by atoms with Gasteiger partial charge in [0.15, 0.2) is 5.96 Å². The molecule has 0 saturated heterocycles. The van der Waals surface area contributed by atoms with Crippen LogP contribution in [0.4, 0.5) is 0 Å². The highest BCUT2D eigenvalue weighted by Crippen LogP contribution is 2.17. The van der Waals surface area contributed by atoms with Gasteiger partial charge in [-0.05, 0) is 56.2 Å². The fourth-order valence-electron chi connectivity index (χ4n) is 3.16. The van der Waals surface area contributed by atoms with Crippen LogP contribution in [0.1, 0.15) is 29.4 Å². The Balaban J connectivity index is 1.73. The van der Waals surface area contributed by atoms with Gasteiger partial charge in [0.25, 0.3) is 0 Å². The Hall–Kier alpha value is -3.28. The first-order valence-corrected chi connectivity index (χ1v) is 9.87. The van der Waals surface area contributed by atoms with Gasteiger partial charge in [-0.2, -0.15) is 5.10 Å². The highest BCUT2D eigenvalue weighted by molar-refractivity contribution is 5.79. The second-order valence-electron chi connectivity index (χ2n) is 6.86. The molecule has 0 spiro atoms. The first-order chi connectivity index (χ1) is 14.1. The molecule has 6 heteroatoms. The smallest absolute Gasteiger partial charge is 0.191 e. The lowest BCUT2D eigenvalue weighted by Crippen LogP contribution is -2.37. The lowest BCUT2D eigenvalue weighted by Gasteiger charge is -2.15. The molecule has 0 fully saturated rings. The Labute approximate surface area is 172 Å². The molecule has 0 amide bonds. The summed E-state index contributed by atoms with van der Waals surface area (Å²) in [6.07, 6.45) is 0. The number of ether oxygens (including phenoxy) is 1. The van der Waals surface area contributed by atoms with Crippen molar-refractivity contribution in [3.05, 3.63) is 77.1 Å². The number of rotatable bonds is 7. The van der Waals surface area contributed by atoms with Crippen LogP contribution in [0.15, 0.2) is 59.6 Å². The van der Waals surface area contributed by atoms with Gasteiger partial charge in [-0.15, -0.1) is 0 Å². The van der Waals surface area contributed by atoms with Crippen molar-refractivity contribution < 1.29 is 4.74 Å². The van der Waals surface area contributed by atoms with Crippen LogP contribution >= 0.6 is 0 Å². The number of aromatic nitrogens is 2. The Bertz CT molecular complexity index is 960. The van der Waals surface area contributed by atoms with Gasteiger partial charge in [0.05, 0.1) is 25.0 Å². The maximum atomic E-state index is 5.21. The van der Waals surface area contributed by atoms with E-state index in [0.717, 1.165) is 46.5 Å². The predicted molar refractivity (Wildman–Crippen MR) is 118 cm³/mol. The van der Waals surface area contributed by atoms with Crippen LogP contribution < -0.4 is 15.4 Å². The number of para-hydroxylation sites is 1. The molecular formula is C23H29N5O. The van der Waals surface area contributed by atoms with Gasteiger partial charge in [0.1, 0.15) is 5.75 Å². The van der Waals surface area contributed by atoms with Crippen LogP contribution in [0.2, 0.25) is 0 Å². The van der Waals surface area contributed by atoms with Gasteiger partial charge in [-0.3, -0.25) is 0 Å². The van der Waals surface area contributed by atoms with Crippen molar-refractivity contribution in [3.63, 3.8) is 0 Å². The zero-order valence-corrected chi connectivity index (χ0v) is 17.6. The molecule has 0 radical (unpaired) electrons. The van der Waals surface area contributed by atoms with Crippen molar-refractivity contribution in [3.8, 4) is 11.4 Å². The molecule has 0 atom stereocenters. The summed E-state index contributed by atoms with van der Waals surface area (Å²) >= 11 is 0. The number of nitrogens with zero attached hydrogens (tertiary/aromatic N) is 3. The number of aryl methyl sites for hydroxylation is 2. The fourth-order valence-corrected chi connectivity index (χ4v) is 3.16. The molecule has 29 heavy (non-hydrogen) atoms. The first kappa shape index (κ1) is 20.5. The maximum Gasteiger partial charge on any atom is 0.191 e. The van der Waals surface area contributed by atoms with E-state index in [4.69, 9.17) is 9.73 Å². The van der Waals surface area contributed by atoms with Crippen molar-refractivity contribution in [1.29, 1.82) is 0 Å². The Morgan fingerprint density at radius 1 is 1.07 bits per heavy atom. The minimum Gasteiger partial charge on any atom is -0.497 e. The van der Waals surface area contributed by atoms with Gasteiger partial charge in [0.2, 0.25) is 0 Å². The van der Waals surface area contributed by atoms with E-state index in [1.165, 1.54) is 0 Å². The largest absolute Gasteiger partial charge is 0.497 e. The number of hydrogen-bond acceptors (Lipinski definition) is 3. The third kappa shape index (κ3) is 5.38. The topological polar surface area (TPSA) is 63.5 Å². The van der Waals surface area contributed by atoms with Crippen molar-refractivity contribution in [2.75, 3.05) is 13.7 Å². The van der Waals surface area contributed by atoms with Gasteiger partial charge < -0.3 is 15.4 Å². The minimum absolute atomic E-state index is 0.596. The van der Waals surface area contributed by atoms with E-state index in [-0.39, 0.29) is 0 Å². The fraction of sp³-hybridized carbons (Fsp3) is 0.304. The molecule has 0 aliphatic heterocycles. The number of nitrogens with one attached hydrogen (secondary N) is 2. The van der Waals surface area contributed by atoms with Gasteiger partial charge in [-0.25, -0.2) is 9.67 Å². The third-order valence-electron chi connectivity index (χ3n) is 4.60. The van der Waals surface area contributed by atoms with E-state index in [2.05, 4.69) is 47.8 Å². The van der Waals surface area contributed by atoms with E-state index in [1.54, 1.807) is 7.11 Å². The molecule has 3 aromatic rings. The molecular weight excluding hydrogens is 362 g/mol. The van der Waals surface area contributed by atoms with Crippen LogP contribution in [0.5, 0.6) is 5.75 Å². The number of guanidine groups is 1. The number of methoxy groups -OCH3 is 1. The summed E-state index contributed by atoms with van der Waals surface area (Å²) in [5.74, 6) is 1.63. The van der Waals surface area contributed by atoms with E-state index < -0.39 is 0 Å². The zero-order chi connectivity index (χ0) is 20.6. The minimum atomic E-state index is 0.596. The van der Waals surface area contributed by atoms with Crippen LogP contribution in [0.25, 0.3) is 5.69 Å². The lowest BCUT2D eigenvalue weighted by atomic mass is 10.1. The SMILES string of the molecule is CCNC(=NCc1ccc(OC)cc1)NCc1ccccc1-n1nc(C)cc1C. The second kappa shape index (κ2) is 9.78. The normalized spacial score (nSPS) is 11.4. The van der Waals surface area contributed by atoms with Crippen molar-refractivity contribution in [2.45, 2.75) is 33.9 Å². The van der Waals surface area contributed by atoms with Gasteiger partial charge >= 0.3 is 0 Å². The third-order valence-corrected chi connectivity index (χ3v) is 4.60. The van der Waals surface area contributed by atoms with E-state index in [9.17, 15) is 0 Å². The van der Waals surface area contributed by atoms with Gasteiger partial charge in [-0.1, -0.05) is 30.3 Å². The molecule has 0 saturated carbocycles. The monoisotopic (exact) mass is 391 g/mol. The lowest BCUT2D eigenvalue weighted by molar-refractivity contribution is 0.414. The number of hydrogen-bond donors (Lipinski definition) is 2. The first-order valence-electron chi connectivity index (χ1n) is 9.87. The maximum absolute atomic E-state index is 5.21. The van der Waals surface area contributed by atoms with E-state index in [1.807, 2.05) is 48.0 Å². The number of aliphatic imine (C=N–C) groups is 1. The van der Waals surface area contributed by atoms with Crippen LogP contribution in [-0.4, -0.2) is 29.4 Å². The summed E-state index contributed by atoms with van der Waals surface area (Å²) in [7, 11) is 1.67. The van der Waals surface area contributed by atoms with Crippen LogP contribution in [0, 0.1) is 13.8 Å². The molecule has 3 rings (SSSR count). The highest BCUT2D eigenvalue weighted by Gasteiger charge is 2.09. The quantitative estimate of drug-likeness (QED) is 0.476. The van der Waals surface area contributed by atoms with E-state index in [0.29, 0.717) is 13.1 Å². The molecule has 0 aliphatic rings. The zero-order valence-electron chi connectivity index (χ0n) is 17.6. The molecule has 0 bridgehead atoms. The Morgan fingerprint density at radius 3 is 2.48 bits per heavy atom. The standard InChI is InChI=1S/C23H29N5O/c1-5-24-23(25-15-19-10-12-21(29-4)13-11-19)26-16-20-8-6-7-9-22(20)28-18(3)14-17(2)27-28/h6-14H,5,15-16H2,1-4H3,(H2,24,25,26). The average Bonchev–Trinajstić information content (AvgIpc) is 3.08. The summed E-state index contributed by atoms with van der Waals surface area (Å²) in [5, 5.41) is 11.4. The molecule has 0 aliphatic carbocycles. The van der Waals surface area contributed by atoms with Crippen LogP contribution in [-0.2, 0) is 13.1 Å². The Morgan fingerprint density at radius 2 is 1.83 bits per heavy atom.